The third kappa shape index (κ3) is 6.94. The van der Waals surface area contributed by atoms with E-state index < -0.39 is 10.0 Å². The number of allylic oxidation sites excluding steroid dienone is 2. The Morgan fingerprint density at radius 1 is 1.00 bits per heavy atom. The van der Waals surface area contributed by atoms with Crippen molar-refractivity contribution in [3.63, 3.8) is 0 Å². The van der Waals surface area contributed by atoms with Gasteiger partial charge in [-0.1, -0.05) is 30.2 Å². The first-order valence-corrected chi connectivity index (χ1v) is 10.8. The highest BCUT2D eigenvalue weighted by atomic mass is 32.2. The molecule has 0 heterocycles. The van der Waals surface area contributed by atoms with Crippen LogP contribution in [0, 0.1) is 6.92 Å². The first-order valence-electron chi connectivity index (χ1n) is 9.33. The Bertz CT molecular complexity index is 885. The van der Waals surface area contributed by atoms with Crippen molar-refractivity contribution in [1.82, 2.24) is 4.72 Å². The van der Waals surface area contributed by atoms with Gasteiger partial charge in [-0.3, -0.25) is 4.79 Å². The molecule has 0 aliphatic carbocycles. The van der Waals surface area contributed by atoms with Gasteiger partial charge in [0.1, 0.15) is 5.75 Å². The Balaban J connectivity index is 1.64. The highest BCUT2D eigenvalue weighted by molar-refractivity contribution is 7.89. The molecule has 2 aromatic rings. The molecule has 2 aromatic carbocycles. The largest absolute Gasteiger partial charge is 0.497 e. The molecule has 2 rings (SSSR count). The van der Waals surface area contributed by atoms with Crippen molar-refractivity contribution >= 4 is 15.8 Å². The van der Waals surface area contributed by atoms with Crippen LogP contribution in [0.4, 0.5) is 0 Å². The van der Waals surface area contributed by atoms with Crippen molar-refractivity contribution in [2.75, 3.05) is 13.7 Å². The van der Waals surface area contributed by atoms with Gasteiger partial charge in [0, 0.05) is 12.1 Å². The maximum atomic E-state index is 12.2. The average Bonchev–Trinajstić information content (AvgIpc) is 2.70. The fraction of sp³-hybridized carbons (Fsp3) is 0.318. The van der Waals surface area contributed by atoms with Crippen molar-refractivity contribution in [3.05, 3.63) is 71.8 Å². The summed E-state index contributed by atoms with van der Waals surface area (Å²) in [5, 5.41) is 0. The standard InChI is InChI=1S/C22H27NO4S/c1-18-9-15-21(16-10-18)28(25,26)23-17-7-5-3-4-6-8-22(24)19-11-13-20(27-2)14-12-19/h6,8-16,23H,3-5,7,17H2,1-2H3. The maximum absolute atomic E-state index is 12.2. The van der Waals surface area contributed by atoms with Crippen LogP contribution in [0.25, 0.3) is 0 Å². The maximum Gasteiger partial charge on any atom is 0.240 e. The van der Waals surface area contributed by atoms with E-state index in [1.54, 1.807) is 61.7 Å². The number of benzene rings is 2. The number of carbonyl (C=O) groups is 1. The van der Waals surface area contributed by atoms with E-state index in [0.29, 0.717) is 12.1 Å². The second kappa shape index (κ2) is 10.8. The van der Waals surface area contributed by atoms with Crippen LogP contribution in [0.15, 0.2) is 65.6 Å². The Hall–Kier alpha value is -2.44. The van der Waals surface area contributed by atoms with Gasteiger partial charge in [0.05, 0.1) is 12.0 Å². The van der Waals surface area contributed by atoms with Gasteiger partial charge in [0.25, 0.3) is 0 Å². The molecule has 0 saturated carbocycles. The molecule has 6 heteroatoms. The Labute approximate surface area is 167 Å². The van der Waals surface area contributed by atoms with E-state index >= 15 is 0 Å². The summed E-state index contributed by atoms with van der Waals surface area (Å²) in [5.41, 5.74) is 1.65. The smallest absolute Gasteiger partial charge is 0.240 e. The number of nitrogens with one attached hydrogen (secondary N) is 1. The van der Waals surface area contributed by atoms with Crippen LogP contribution in [0.2, 0.25) is 0 Å². The molecule has 0 radical (unpaired) electrons. The van der Waals surface area contributed by atoms with Gasteiger partial charge in [-0.25, -0.2) is 13.1 Å². The Kier molecular flexibility index (Phi) is 8.42. The zero-order valence-corrected chi connectivity index (χ0v) is 17.2. The number of hydrogen-bond donors (Lipinski definition) is 1. The fourth-order valence-electron chi connectivity index (χ4n) is 2.61. The second-order valence-electron chi connectivity index (χ2n) is 6.56. The predicted octanol–water partition coefficient (Wildman–Crippen LogP) is 4.28. The second-order valence-corrected chi connectivity index (χ2v) is 8.32. The summed E-state index contributed by atoms with van der Waals surface area (Å²) in [5.74, 6) is 0.687. The van der Waals surface area contributed by atoms with Crippen LogP contribution in [0.3, 0.4) is 0 Å². The summed E-state index contributed by atoms with van der Waals surface area (Å²) in [4.78, 5) is 12.3. The molecule has 1 N–H and O–H groups in total. The topological polar surface area (TPSA) is 72.5 Å². The van der Waals surface area contributed by atoms with Crippen molar-refractivity contribution in [1.29, 1.82) is 0 Å². The van der Waals surface area contributed by atoms with Gasteiger partial charge in [-0.2, -0.15) is 0 Å². The van der Waals surface area contributed by atoms with Crippen molar-refractivity contribution in [2.45, 2.75) is 37.5 Å². The lowest BCUT2D eigenvalue weighted by molar-refractivity contribution is 0.104. The first kappa shape index (κ1) is 21.9. The number of methoxy groups -OCH3 is 1. The minimum absolute atomic E-state index is 0.0338. The molecule has 0 saturated heterocycles. The Morgan fingerprint density at radius 2 is 1.68 bits per heavy atom. The number of rotatable bonds is 11. The minimum atomic E-state index is -3.44. The lowest BCUT2D eigenvalue weighted by Gasteiger charge is -2.06. The van der Waals surface area contributed by atoms with E-state index in [9.17, 15) is 13.2 Å². The van der Waals surface area contributed by atoms with E-state index in [-0.39, 0.29) is 10.7 Å². The highest BCUT2D eigenvalue weighted by Gasteiger charge is 2.12. The van der Waals surface area contributed by atoms with Gasteiger partial charge in [0.15, 0.2) is 5.78 Å². The lowest BCUT2D eigenvalue weighted by atomic mass is 10.1. The van der Waals surface area contributed by atoms with Crippen molar-refractivity contribution in [2.24, 2.45) is 0 Å². The molecule has 0 spiro atoms. The van der Waals surface area contributed by atoms with Gasteiger partial charge in [-0.15, -0.1) is 0 Å². The van der Waals surface area contributed by atoms with E-state index in [4.69, 9.17) is 4.74 Å². The molecule has 0 unspecified atom stereocenters. The van der Waals surface area contributed by atoms with E-state index in [0.717, 1.165) is 37.0 Å². The molecule has 0 aromatic heterocycles. The summed E-state index contributed by atoms with van der Waals surface area (Å²) in [7, 11) is -1.85. The third-order valence-corrected chi connectivity index (χ3v) is 5.79. The van der Waals surface area contributed by atoms with Crippen LogP contribution >= 0.6 is 0 Å². The van der Waals surface area contributed by atoms with Crippen LogP contribution in [0.5, 0.6) is 5.75 Å². The molecule has 28 heavy (non-hydrogen) atoms. The summed E-state index contributed by atoms with van der Waals surface area (Å²) in [6, 6.07) is 13.8. The van der Waals surface area contributed by atoms with Crippen LogP contribution in [-0.2, 0) is 10.0 Å². The van der Waals surface area contributed by atoms with Crippen molar-refractivity contribution in [3.8, 4) is 5.75 Å². The molecule has 150 valence electrons. The van der Waals surface area contributed by atoms with Gasteiger partial charge in [-0.05, 0) is 68.7 Å². The van der Waals surface area contributed by atoms with Gasteiger partial charge >= 0.3 is 0 Å². The van der Waals surface area contributed by atoms with Crippen LogP contribution < -0.4 is 9.46 Å². The quantitative estimate of drug-likeness (QED) is 0.346. The summed E-state index contributed by atoms with van der Waals surface area (Å²) >= 11 is 0. The van der Waals surface area contributed by atoms with Gasteiger partial charge < -0.3 is 4.74 Å². The lowest BCUT2D eigenvalue weighted by Crippen LogP contribution is -2.24. The zero-order valence-electron chi connectivity index (χ0n) is 16.4. The number of sulfonamides is 1. The molecule has 0 bridgehead atoms. The van der Waals surface area contributed by atoms with Crippen LogP contribution in [0.1, 0.15) is 41.6 Å². The van der Waals surface area contributed by atoms with E-state index in [1.807, 2.05) is 13.0 Å². The average molecular weight is 402 g/mol. The molecule has 0 aliphatic heterocycles. The fourth-order valence-corrected chi connectivity index (χ4v) is 3.69. The number of aryl methyl sites for hydroxylation is 1. The molecule has 0 atom stereocenters. The SMILES string of the molecule is COc1ccc(C(=O)C=CCCCCCNS(=O)(=O)c2ccc(C)cc2)cc1. The zero-order chi connectivity index (χ0) is 20.4. The predicted molar refractivity (Wildman–Crippen MR) is 111 cm³/mol. The monoisotopic (exact) mass is 401 g/mol. The van der Waals surface area contributed by atoms with Crippen molar-refractivity contribution < 1.29 is 17.9 Å². The Morgan fingerprint density at radius 3 is 2.32 bits per heavy atom. The van der Waals surface area contributed by atoms with Gasteiger partial charge in [0.2, 0.25) is 10.0 Å². The first-order chi connectivity index (χ1) is 13.4. The molecular formula is C22H27NO4S. The molecule has 5 nitrogen and oxygen atoms in total. The highest BCUT2D eigenvalue weighted by Crippen LogP contribution is 2.13. The molecule has 0 fully saturated rings. The third-order valence-electron chi connectivity index (χ3n) is 4.31. The summed E-state index contributed by atoms with van der Waals surface area (Å²) < 4.78 is 32.0. The molecule has 0 amide bonds. The number of carbonyl (C=O) groups excluding carboxylic acids is 1. The van der Waals surface area contributed by atoms with Crippen LogP contribution in [-0.4, -0.2) is 27.9 Å². The number of hydrogen-bond acceptors (Lipinski definition) is 4. The molecule has 0 aliphatic rings. The number of ether oxygens (including phenoxy) is 1. The minimum Gasteiger partial charge on any atom is -0.497 e. The summed E-state index contributed by atoms with van der Waals surface area (Å²) in [6.45, 7) is 2.33. The van der Waals surface area contributed by atoms with E-state index in [1.165, 1.54) is 0 Å². The normalized spacial score (nSPS) is 11.6. The molecular weight excluding hydrogens is 374 g/mol. The number of ketones is 1. The van der Waals surface area contributed by atoms with E-state index in [2.05, 4.69) is 4.72 Å². The number of unbranched alkanes of at least 4 members (excludes halogenated alkanes) is 3. The summed E-state index contributed by atoms with van der Waals surface area (Å²) in [6.07, 6.45) is 6.78.